The fourth-order valence-corrected chi connectivity index (χ4v) is 3.82. The summed E-state index contributed by atoms with van der Waals surface area (Å²) in [6.07, 6.45) is 1.92. The van der Waals surface area contributed by atoms with E-state index in [1.54, 1.807) is 7.11 Å². The average Bonchev–Trinajstić information content (AvgIpc) is 2.71. The Morgan fingerprint density at radius 3 is 2.54 bits per heavy atom. The Balaban J connectivity index is 1.99. The third-order valence-corrected chi connectivity index (χ3v) is 5.18. The number of rotatable bonds is 9. The fraction of sp³-hybridized carbons (Fsp3) is 0.682. The number of aliphatic hydroxyl groups is 1. The minimum atomic E-state index is 0.237. The number of methoxy groups -OCH3 is 1. The Morgan fingerprint density at radius 1 is 1.21 bits per heavy atom. The summed E-state index contributed by atoms with van der Waals surface area (Å²) in [5.41, 5.74) is 1.16. The highest BCUT2D eigenvalue weighted by molar-refractivity contribution is 5.80. The van der Waals surface area contributed by atoms with Gasteiger partial charge in [0.05, 0.1) is 12.8 Å². The minimum Gasteiger partial charge on any atom is -0.495 e. The number of guanidine groups is 1. The van der Waals surface area contributed by atoms with E-state index in [-0.39, 0.29) is 6.61 Å². The van der Waals surface area contributed by atoms with Crippen LogP contribution in [0.15, 0.2) is 29.3 Å². The third kappa shape index (κ3) is 6.59. The number of anilines is 1. The predicted octanol–water partition coefficient (Wildman–Crippen LogP) is 2.83. The molecule has 1 unspecified atom stereocenters. The molecule has 158 valence electrons. The number of para-hydroxylation sites is 2. The van der Waals surface area contributed by atoms with Gasteiger partial charge < -0.3 is 25.0 Å². The van der Waals surface area contributed by atoms with Crippen molar-refractivity contribution in [3.8, 4) is 5.75 Å². The van der Waals surface area contributed by atoms with Crippen LogP contribution in [0.4, 0.5) is 5.69 Å². The van der Waals surface area contributed by atoms with Crippen LogP contribution in [-0.2, 0) is 0 Å². The number of aliphatic hydroxyl groups excluding tert-OH is 1. The first kappa shape index (κ1) is 22.3. The van der Waals surface area contributed by atoms with E-state index in [0.29, 0.717) is 11.8 Å². The van der Waals surface area contributed by atoms with Crippen molar-refractivity contribution in [2.24, 2.45) is 16.8 Å². The predicted molar refractivity (Wildman–Crippen MR) is 117 cm³/mol. The SMILES string of the molecule is CCNC(=NCC(CCO)CC(C)C)N1CCN(c2ccccc2OC)CC1. The second kappa shape index (κ2) is 11.8. The lowest BCUT2D eigenvalue weighted by Gasteiger charge is -2.38. The molecule has 2 rings (SSSR count). The number of hydrogen-bond donors (Lipinski definition) is 2. The zero-order valence-electron chi connectivity index (χ0n) is 18.0. The number of ether oxygens (including phenoxy) is 1. The molecular formula is C22H38N4O2. The van der Waals surface area contributed by atoms with Gasteiger partial charge in [-0.1, -0.05) is 26.0 Å². The maximum atomic E-state index is 9.36. The smallest absolute Gasteiger partial charge is 0.194 e. The molecule has 1 aliphatic heterocycles. The van der Waals surface area contributed by atoms with Crippen LogP contribution in [0.1, 0.15) is 33.6 Å². The summed E-state index contributed by atoms with van der Waals surface area (Å²) in [4.78, 5) is 9.65. The summed E-state index contributed by atoms with van der Waals surface area (Å²) in [6.45, 7) is 12.2. The summed E-state index contributed by atoms with van der Waals surface area (Å²) in [5, 5.41) is 12.8. The molecule has 1 aliphatic rings. The van der Waals surface area contributed by atoms with E-state index >= 15 is 0 Å². The van der Waals surface area contributed by atoms with Gasteiger partial charge in [-0.15, -0.1) is 0 Å². The maximum Gasteiger partial charge on any atom is 0.194 e. The summed E-state index contributed by atoms with van der Waals surface area (Å²) in [7, 11) is 1.73. The molecular weight excluding hydrogens is 352 g/mol. The molecule has 6 nitrogen and oxygen atoms in total. The molecule has 1 atom stereocenters. The molecule has 28 heavy (non-hydrogen) atoms. The van der Waals surface area contributed by atoms with Crippen LogP contribution >= 0.6 is 0 Å². The van der Waals surface area contributed by atoms with Crippen molar-refractivity contribution < 1.29 is 9.84 Å². The normalized spacial score (nSPS) is 16.4. The molecule has 2 N–H and O–H groups in total. The summed E-state index contributed by atoms with van der Waals surface area (Å²) in [5.74, 6) is 2.98. The van der Waals surface area contributed by atoms with Gasteiger partial charge in [0.15, 0.2) is 5.96 Å². The third-order valence-electron chi connectivity index (χ3n) is 5.18. The van der Waals surface area contributed by atoms with Crippen LogP contribution in [0.25, 0.3) is 0 Å². The molecule has 0 aliphatic carbocycles. The van der Waals surface area contributed by atoms with Crippen molar-refractivity contribution in [3.05, 3.63) is 24.3 Å². The van der Waals surface area contributed by atoms with Crippen molar-refractivity contribution in [2.45, 2.75) is 33.6 Å². The van der Waals surface area contributed by atoms with Crippen molar-refractivity contribution in [1.82, 2.24) is 10.2 Å². The molecule has 1 saturated heterocycles. The Bertz CT molecular complexity index is 598. The molecule has 1 aromatic carbocycles. The van der Waals surface area contributed by atoms with Crippen LogP contribution in [0.2, 0.25) is 0 Å². The molecule has 0 saturated carbocycles. The monoisotopic (exact) mass is 390 g/mol. The van der Waals surface area contributed by atoms with Gasteiger partial charge in [-0.25, -0.2) is 0 Å². The zero-order valence-corrected chi connectivity index (χ0v) is 18.0. The van der Waals surface area contributed by atoms with Gasteiger partial charge in [-0.2, -0.15) is 0 Å². The maximum absolute atomic E-state index is 9.36. The fourth-order valence-electron chi connectivity index (χ4n) is 3.82. The topological polar surface area (TPSA) is 60.3 Å². The molecule has 6 heteroatoms. The lowest BCUT2D eigenvalue weighted by atomic mass is 9.94. The molecule has 1 fully saturated rings. The van der Waals surface area contributed by atoms with Crippen LogP contribution < -0.4 is 15.0 Å². The van der Waals surface area contributed by atoms with Gasteiger partial charge in [0.1, 0.15) is 5.75 Å². The summed E-state index contributed by atoms with van der Waals surface area (Å²) in [6, 6.07) is 8.21. The van der Waals surface area contributed by atoms with Crippen LogP contribution in [0.3, 0.4) is 0 Å². The molecule has 0 spiro atoms. The lowest BCUT2D eigenvalue weighted by molar-refractivity contribution is 0.245. The average molecular weight is 391 g/mol. The summed E-state index contributed by atoms with van der Waals surface area (Å²) >= 11 is 0. The lowest BCUT2D eigenvalue weighted by Crippen LogP contribution is -2.52. The van der Waals surface area contributed by atoms with Crippen molar-refractivity contribution in [3.63, 3.8) is 0 Å². The van der Waals surface area contributed by atoms with E-state index in [2.05, 4.69) is 48.0 Å². The number of benzene rings is 1. The number of hydrogen-bond acceptors (Lipinski definition) is 4. The molecule has 0 amide bonds. The highest BCUT2D eigenvalue weighted by atomic mass is 16.5. The standard InChI is InChI=1S/C22H38N4O2/c1-5-23-22(24-17-19(10-15-27)16-18(2)3)26-13-11-25(12-14-26)20-8-6-7-9-21(20)28-4/h6-9,18-19,27H,5,10-17H2,1-4H3,(H,23,24). The first-order valence-corrected chi connectivity index (χ1v) is 10.6. The highest BCUT2D eigenvalue weighted by Gasteiger charge is 2.22. The van der Waals surface area contributed by atoms with E-state index in [9.17, 15) is 5.11 Å². The first-order chi connectivity index (χ1) is 13.6. The Labute approximate surface area is 170 Å². The van der Waals surface area contributed by atoms with Crippen LogP contribution in [0.5, 0.6) is 5.75 Å². The first-order valence-electron chi connectivity index (χ1n) is 10.6. The van der Waals surface area contributed by atoms with Gasteiger partial charge in [0, 0.05) is 45.9 Å². The molecule has 0 bridgehead atoms. The molecule has 0 aromatic heterocycles. The van der Waals surface area contributed by atoms with Gasteiger partial charge in [0.25, 0.3) is 0 Å². The zero-order chi connectivity index (χ0) is 20.4. The number of nitrogens with zero attached hydrogens (tertiary/aromatic N) is 3. The molecule has 0 radical (unpaired) electrons. The number of nitrogens with one attached hydrogen (secondary N) is 1. The Morgan fingerprint density at radius 2 is 1.93 bits per heavy atom. The number of aliphatic imine (C=N–C) groups is 1. The van der Waals surface area contributed by atoms with E-state index < -0.39 is 0 Å². The number of piperazine rings is 1. The van der Waals surface area contributed by atoms with E-state index in [4.69, 9.17) is 9.73 Å². The van der Waals surface area contributed by atoms with E-state index in [1.165, 1.54) is 0 Å². The van der Waals surface area contributed by atoms with Gasteiger partial charge in [-0.05, 0) is 43.7 Å². The van der Waals surface area contributed by atoms with Crippen molar-refractivity contribution in [1.29, 1.82) is 0 Å². The summed E-state index contributed by atoms with van der Waals surface area (Å²) < 4.78 is 5.52. The Hall–Kier alpha value is -1.95. The second-order valence-corrected chi connectivity index (χ2v) is 7.85. The van der Waals surface area contributed by atoms with Crippen molar-refractivity contribution in [2.75, 3.05) is 57.9 Å². The van der Waals surface area contributed by atoms with E-state index in [1.807, 2.05) is 12.1 Å². The van der Waals surface area contributed by atoms with Crippen LogP contribution in [0, 0.1) is 11.8 Å². The molecule has 1 heterocycles. The second-order valence-electron chi connectivity index (χ2n) is 7.85. The highest BCUT2D eigenvalue weighted by Crippen LogP contribution is 2.28. The van der Waals surface area contributed by atoms with E-state index in [0.717, 1.165) is 69.5 Å². The minimum absolute atomic E-state index is 0.237. The van der Waals surface area contributed by atoms with Crippen LogP contribution in [-0.4, -0.2) is 69.0 Å². The Kier molecular flexibility index (Phi) is 9.41. The molecule has 1 aromatic rings. The largest absolute Gasteiger partial charge is 0.495 e. The quantitative estimate of drug-likeness (QED) is 0.502. The van der Waals surface area contributed by atoms with Gasteiger partial charge >= 0.3 is 0 Å². The van der Waals surface area contributed by atoms with Crippen molar-refractivity contribution >= 4 is 11.6 Å². The van der Waals surface area contributed by atoms with Gasteiger partial charge in [0.2, 0.25) is 0 Å². The van der Waals surface area contributed by atoms with Gasteiger partial charge in [-0.3, -0.25) is 4.99 Å².